The SMILES string of the molecule is CCC(CC)C(CNC1CCSC1C)N(C)C. The third kappa shape index (κ3) is 4.46. The molecule has 1 fully saturated rings. The van der Waals surface area contributed by atoms with Gasteiger partial charge in [-0.3, -0.25) is 0 Å². The van der Waals surface area contributed by atoms with Gasteiger partial charge in [-0.25, -0.2) is 0 Å². The largest absolute Gasteiger partial charge is 0.311 e. The Morgan fingerprint density at radius 2 is 1.94 bits per heavy atom. The Labute approximate surface area is 112 Å². The molecule has 0 aromatic carbocycles. The maximum Gasteiger partial charge on any atom is 0.0242 e. The Kier molecular flexibility index (Phi) is 6.90. The van der Waals surface area contributed by atoms with Crippen LogP contribution in [-0.2, 0) is 0 Å². The van der Waals surface area contributed by atoms with Crippen molar-refractivity contribution in [1.82, 2.24) is 10.2 Å². The van der Waals surface area contributed by atoms with Gasteiger partial charge in [0.05, 0.1) is 0 Å². The molecule has 3 heteroatoms. The van der Waals surface area contributed by atoms with E-state index >= 15 is 0 Å². The minimum absolute atomic E-state index is 0.683. The average Bonchev–Trinajstić information content (AvgIpc) is 2.70. The van der Waals surface area contributed by atoms with E-state index < -0.39 is 0 Å². The fourth-order valence-electron chi connectivity index (χ4n) is 2.88. The Bertz CT molecular complexity index is 204. The van der Waals surface area contributed by atoms with E-state index in [9.17, 15) is 0 Å². The molecule has 0 aromatic heterocycles. The van der Waals surface area contributed by atoms with Crippen LogP contribution in [0.1, 0.15) is 40.0 Å². The fraction of sp³-hybridized carbons (Fsp3) is 1.00. The molecule has 2 nitrogen and oxygen atoms in total. The Morgan fingerprint density at radius 1 is 1.29 bits per heavy atom. The van der Waals surface area contributed by atoms with E-state index in [1.165, 1.54) is 25.0 Å². The summed E-state index contributed by atoms with van der Waals surface area (Å²) in [6.45, 7) is 8.14. The van der Waals surface area contributed by atoms with Gasteiger partial charge in [0.25, 0.3) is 0 Å². The first-order valence-electron chi connectivity index (χ1n) is 7.11. The van der Waals surface area contributed by atoms with E-state index in [1.54, 1.807) is 0 Å². The van der Waals surface area contributed by atoms with E-state index in [1.807, 2.05) is 0 Å². The van der Waals surface area contributed by atoms with E-state index in [2.05, 4.69) is 56.8 Å². The first kappa shape index (κ1) is 15.3. The zero-order chi connectivity index (χ0) is 12.8. The van der Waals surface area contributed by atoms with Crippen molar-refractivity contribution in [2.24, 2.45) is 5.92 Å². The highest BCUT2D eigenvalue weighted by Gasteiger charge is 2.26. The lowest BCUT2D eigenvalue weighted by molar-refractivity contribution is 0.189. The number of nitrogens with zero attached hydrogens (tertiary/aromatic N) is 1. The van der Waals surface area contributed by atoms with Crippen LogP contribution in [0.4, 0.5) is 0 Å². The number of hydrogen-bond donors (Lipinski definition) is 1. The van der Waals surface area contributed by atoms with Crippen LogP contribution in [0.25, 0.3) is 0 Å². The maximum atomic E-state index is 3.80. The Morgan fingerprint density at radius 3 is 2.35 bits per heavy atom. The molecule has 3 unspecified atom stereocenters. The highest BCUT2D eigenvalue weighted by molar-refractivity contribution is 8.00. The molecule has 1 aliphatic heterocycles. The molecule has 1 N–H and O–H groups in total. The number of rotatable bonds is 7. The molecule has 1 rings (SSSR count). The summed E-state index contributed by atoms with van der Waals surface area (Å²) in [5, 5.41) is 4.59. The molecule has 0 spiro atoms. The highest BCUT2D eigenvalue weighted by atomic mass is 32.2. The van der Waals surface area contributed by atoms with Gasteiger partial charge in [-0.05, 0) is 32.2 Å². The van der Waals surface area contributed by atoms with Crippen molar-refractivity contribution in [3.8, 4) is 0 Å². The maximum absolute atomic E-state index is 3.80. The van der Waals surface area contributed by atoms with Gasteiger partial charge in [0.1, 0.15) is 0 Å². The van der Waals surface area contributed by atoms with E-state index in [-0.39, 0.29) is 0 Å². The zero-order valence-corrected chi connectivity index (χ0v) is 13.0. The molecule has 1 heterocycles. The second-order valence-electron chi connectivity index (χ2n) is 5.49. The van der Waals surface area contributed by atoms with Crippen molar-refractivity contribution < 1.29 is 0 Å². The number of nitrogens with one attached hydrogen (secondary N) is 1. The molecular weight excluding hydrogens is 228 g/mol. The lowest BCUT2D eigenvalue weighted by Gasteiger charge is -2.33. The van der Waals surface area contributed by atoms with E-state index in [0.717, 1.165) is 23.8 Å². The summed E-state index contributed by atoms with van der Waals surface area (Å²) >= 11 is 2.11. The summed E-state index contributed by atoms with van der Waals surface area (Å²) < 4.78 is 0. The van der Waals surface area contributed by atoms with Crippen molar-refractivity contribution in [2.75, 3.05) is 26.4 Å². The Balaban J connectivity index is 2.43. The monoisotopic (exact) mass is 258 g/mol. The van der Waals surface area contributed by atoms with E-state index in [4.69, 9.17) is 0 Å². The van der Waals surface area contributed by atoms with Crippen LogP contribution in [0, 0.1) is 5.92 Å². The van der Waals surface area contributed by atoms with Crippen LogP contribution in [0.3, 0.4) is 0 Å². The van der Waals surface area contributed by atoms with Gasteiger partial charge in [0.15, 0.2) is 0 Å². The summed E-state index contributed by atoms with van der Waals surface area (Å²) in [6.07, 6.45) is 3.92. The lowest BCUT2D eigenvalue weighted by atomic mass is 9.93. The van der Waals surface area contributed by atoms with Gasteiger partial charge >= 0.3 is 0 Å². The summed E-state index contributed by atoms with van der Waals surface area (Å²) in [5.41, 5.74) is 0. The molecule has 102 valence electrons. The standard InChI is InChI=1S/C14H30N2S/c1-6-12(7-2)14(16(4)5)10-15-13-8-9-17-11(13)3/h11-15H,6-10H2,1-5H3. The quantitative estimate of drug-likeness (QED) is 0.756. The van der Waals surface area contributed by atoms with Crippen LogP contribution in [-0.4, -0.2) is 48.6 Å². The van der Waals surface area contributed by atoms with Crippen LogP contribution in [0.15, 0.2) is 0 Å². The lowest BCUT2D eigenvalue weighted by Crippen LogP contribution is -2.47. The predicted octanol–water partition coefficient (Wildman–Crippen LogP) is 2.84. The molecule has 17 heavy (non-hydrogen) atoms. The van der Waals surface area contributed by atoms with E-state index in [0.29, 0.717) is 6.04 Å². The first-order valence-corrected chi connectivity index (χ1v) is 8.16. The summed E-state index contributed by atoms with van der Waals surface area (Å²) in [5.74, 6) is 2.15. The molecule has 0 aromatic rings. The van der Waals surface area contributed by atoms with Crippen molar-refractivity contribution in [3.05, 3.63) is 0 Å². The van der Waals surface area contributed by atoms with Crippen molar-refractivity contribution >= 4 is 11.8 Å². The van der Waals surface area contributed by atoms with Crippen molar-refractivity contribution in [2.45, 2.75) is 57.4 Å². The second-order valence-corrected chi connectivity index (χ2v) is 6.97. The molecule has 1 aliphatic rings. The molecule has 3 atom stereocenters. The molecule has 1 saturated heterocycles. The summed E-state index contributed by atoms with van der Waals surface area (Å²) in [7, 11) is 4.44. The van der Waals surface area contributed by atoms with Gasteiger partial charge in [0, 0.05) is 23.9 Å². The second kappa shape index (κ2) is 7.65. The highest BCUT2D eigenvalue weighted by Crippen LogP contribution is 2.26. The number of likely N-dealkylation sites (N-methyl/N-ethyl adjacent to an activating group) is 1. The fourth-order valence-corrected chi connectivity index (χ4v) is 4.10. The average molecular weight is 258 g/mol. The van der Waals surface area contributed by atoms with Gasteiger partial charge in [-0.15, -0.1) is 0 Å². The molecular formula is C14H30N2S. The predicted molar refractivity (Wildman–Crippen MR) is 79.9 cm³/mol. The van der Waals surface area contributed by atoms with Gasteiger partial charge in [-0.1, -0.05) is 33.6 Å². The van der Waals surface area contributed by atoms with Gasteiger partial charge < -0.3 is 10.2 Å². The molecule has 0 aliphatic carbocycles. The van der Waals surface area contributed by atoms with Gasteiger partial charge in [0.2, 0.25) is 0 Å². The molecule has 0 saturated carbocycles. The molecule has 0 bridgehead atoms. The van der Waals surface area contributed by atoms with Gasteiger partial charge in [-0.2, -0.15) is 11.8 Å². The van der Waals surface area contributed by atoms with Crippen molar-refractivity contribution in [1.29, 1.82) is 0 Å². The third-order valence-corrected chi connectivity index (χ3v) is 5.55. The third-order valence-electron chi connectivity index (χ3n) is 4.22. The van der Waals surface area contributed by atoms with Crippen LogP contribution in [0.5, 0.6) is 0 Å². The normalized spacial score (nSPS) is 27.0. The molecule has 0 radical (unpaired) electrons. The Hall–Kier alpha value is 0.270. The topological polar surface area (TPSA) is 15.3 Å². The summed E-state index contributed by atoms with van der Waals surface area (Å²) in [4.78, 5) is 2.40. The van der Waals surface area contributed by atoms with Crippen LogP contribution in [0.2, 0.25) is 0 Å². The van der Waals surface area contributed by atoms with Crippen LogP contribution < -0.4 is 5.32 Å². The first-order chi connectivity index (χ1) is 8.10. The smallest absolute Gasteiger partial charge is 0.0242 e. The number of thioether (sulfide) groups is 1. The summed E-state index contributed by atoms with van der Waals surface area (Å²) in [6, 6.07) is 1.42. The minimum atomic E-state index is 0.683. The molecule has 0 amide bonds. The van der Waals surface area contributed by atoms with Crippen molar-refractivity contribution in [3.63, 3.8) is 0 Å². The number of hydrogen-bond acceptors (Lipinski definition) is 3. The zero-order valence-electron chi connectivity index (χ0n) is 12.2. The minimum Gasteiger partial charge on any atom is -0.311 e. The van der Waals surface area contributed by atoms with Crippen LogP contribution >= 0.6 is 11.8 Å².